The normalized spacial score (nSPS) is 11.9. The number of methoxy groups -OCH3 is 1. The SMILES string of the molecule is COc1ccc(O[C@H](C)C(=O)Nc2ccc(S(=O)(=O)Nc3cccnc3)cc2)cc1. The van der Waals surface area contributed by atoms with Crippen molar-refractivity contribution in [3.8, 4) is 11.5 Å². The van der Waals surface area contributed by atoms with Gasteiger partial charge >= 0.3 is 0 Å². The van der Waals surface area contributed by atoms with Gasteiger partial charge in [0.05, 0.1) is 23.9 Å². The van der Waals surface area contributed by atoms with E-state index in [0.29, 0.717) is 22.9 Å². The number of ether oxygens (including phenoxy) is 2. The van der Waals surface area contributed by atoms with Crippen molar-refractivity contribution < 1.29 is 22.7 Å². The first-order valence-electron chi connectivity index (χ1n) is 9.02. The number of hydrogen-bond donors (Lipinski definition) is 2. The lowest BCUT2D eigenvalue weighted by Crippen LogP contribution is -2.30. The summed E-state index contributed by atoms with van der Waals surface area (Å²) in [6, 6.07) is 15.9. The Balaban J connectivity index is 1.60. The van der Waals surface area contributed by atoms with Crippen LogP contribution in [-0.2, 0) is 14.8 Å². The second kappa shape index (κ2) is 9.27. The molecule has 2 N–H and O–H groups in total. The number of hydrogen-bond acceptors (Lipinski definition) is 6. The Morgan fingerprint density at radius 3 is 2.23 bits per heavy atom. The molecule has 0 saturated heterocycles. The zero-order valence-electron chi connectivity index (χ0n) is 16.4. The van der Waals surface area contributed by atoms with Gasteiger partial charge in [-0.25, -0.2) is 8.42 Å². The Bertz CT molecular complexity index is 1090. The minimum Gasteiger partial charge on any atom is -0.497 e. The molecule has 1 amide bonds. The number of nitrogens with zero attached hydrogens (tertiary/aromatic N) is 1. The topological polar surface area (TPSA) is 107 Å². The maximum atomic E-state index is 12.4. The molecular weight excluding hydrogens is 406 g/mol. The number of carbonyl (C=O) groups excluding carboxylic acids is 1. The maximum Gasteiger partial charge on any atom is 0.265 e. The molecule has 1 heterocycles. The third kappa shape index (κ3) is 5.48. The van der Waals surface area contributed by atoms with Crippen molar-refractivity contribution in [3.05, 3.63) is 73.1 Å². The fourth-order valence-corrected chi connectivity index (χ4v) is 3.55. The van der Waals surface area contributed by atoms with Gasteiger partial charge in [0.25, 0.3) is 15.9 Å². The van der Waals surface area contributed by atoms with Gasteiger partial charge in [0, 0.05) is 11.9 Å². The van der Waals surface area contributed by atoms with Crippen molar-refractivity contribution in [2.24, 2.45) is 0 Å². The molecule has 3 rings (SSSR count). The molecule has 0 aliphatic carbocycles. The van der Waals surface area contributed by atoms with E-state index in [9.17, 15) is 13.2 Å². The predicted octanol–water partition coefficient (Wildman–Crippen LogP) is 3.30. The van der Waals surface area contributed by atoms with Crippen molar-refractivity contribution in [1.82, 2.24) is 4.98 Å². The van der Waals surface area contributed by atoms with E-state index in [1.54, 1.807) is 56.6 Å². The van der Waals surface area contributed by atoms with Crippen molar-refractivity contribution in [2.45, 2.75) is 17.9 Å². The Morgan fingerprint density at radius 1 is 0.967 bits per heavy atom. The molecule has 2 aromatic carbocycles. The first-order valence-corrected chi connectivity index (χ1v) is 10.5. The van der Waals surface area contributed by atoms with E-state index in [4.69, 9.17) is 9.47 Å². The van der Waals surface area contributed by atoms with Crippen LogP contribution in [-0.4, -0.2) is 32.5 Å². The second-order valence-electron chi connectivity index (χ2n) is 6.30. The van der Waals surface area contributed by atoms with Crippen molar-refractivity contribution in [2.75, 3.05) is 17.1 Å². The molecular formula is C21H21N3O5S. The summed E-state index contributed by atoms with van der Waals surface area (Å²) in [5.41, 5.74) is 0.810. The zero-order chi connectivity index (χ0) is 21.6. The molecule has 3 aromatic rings. The van der Waals surface area contributed by atoms with Crippen LogP contribution in [0, 0.1) is 0 Å². The van der Waals surface area contributed by atoms with Crippen molar-refractivity contribution >= 4 is 27.3 Å². The van der Waals surface area contributed by atoms with Gasteiger partial charge in [-0.1, -0.05) is 0 Å². The van der Waals surface area contributed by atoms with E-state index < -0.39 is 16.1 Å². The highest BCUT2D eigenvalue weighted by molar-refractivity contribution is 7.92. The van der Waals surface area contributed by atoms with E-state index in [1.165, 1.54) is 30.5 Å². The van der Waals surface area contributed by atoms with E-state index in [-0.39, 0.29) is 10.8 Å². The molecule has 0 radical (unpaired) electrons. The number of pyridine rings is 1. The summed E-state index contributed by atoms with van der Waals surface area (Å²) in [6.07, 6.45) is 2.21. The monoisotopic (exact) mass is 427 g/mol. The molecule has 0 aliphatic heterocycles. The molecule has 0 aliphatic rings. The lowest BCUT2D eigenvalue weighted by Gasteiger charge is -2.15. The molecule has 8 nitrogen and oxygen atoms in total. The summed E-state index contributed by atoms with van der Waals surface area (Å²) >= 11 is 0. The second-order valence-corrected chi connectivity index (χ2v) is 7.98. The standard InChI is InChI=1S/C21H21N3O5S/c1-15(29-19-9-7-18(28-2)8-10-19)21(25)23-16-5-11-20(12-6-16)30(26,27)24-17-4-3-13-22-14-17/h3-15,24H,1-2H3,(H,23,25)/t15-/m1/s1. The van der Waals surface area contributed by atoms with Crippen LogP contribution in [0.2, 0.25) is 0 Å². The first-order chi connectivity index (χ1) is 14.4. The first kappa shape index (κ1) is 21.1. The van der Waals surface area contributed by atoms with Gasteiger partial charge in [0.2, 0.25) is 0 Å². The zero-order valence-corrected chi connectivity index (χ0v) is 17.2. The number of carbonyl (C=O) groups is 1. The van der Waals surface area contributed by atoms with E-state index >= 15 is 0 Å². The highest BCUT2D eigenvalue weighted by Crippen LogP contribution is 2.20. The number of rotatable bonds is 8. The number of benzene rings is 2. The average molecular weight is 427 g/mol. The Hall–Kier alpha value is -3.59. The van der Waals surface area contributed by atoms with Crippen LogP contribution in [0.1, 0.15) is 6.92 Å². The van der Waals surface area contributed by atoms with Gasteiger partial charge in [0.1, 0.15) is 11.5 Å². The van der Waals surface area contributed by atoms with Gasteiger partial charge < -0.3 is 14.8 Å². The highest BCUT2D eigenvalue weighted by atomic mass is 32.2. The van der Waals surface area contributed by atoms with Crippen LogP contribution in [0.5, 0.6) is 11.5 Å². The molecule has 0 saturated carbocycles. The number of amides is 1. The fraction of sp³-hybridized carbons (Fsp3) is 0.143. The number of nitrogens with one attached hydrogen (secondary N) is 2. The van der Waals surface area contributed by atoms with Gasteiger partial charge in [-0.15, -0.1) is 0 Å². The summed E-state index contributed by atoms with van der Waals surface area (Å²) in [7, 11) is -2.19. The van der Waals surface area contributed by atoms with Gasteiger partial charge in [-0.2, -0.15) is 0 Å². The van der Waals surface area contributed by atoms with Crippen LogP contribution in [0.4, 0.5) is 11.4 Å². The van der Waals surface area contributed by atoms with Crippen LogP contribution in [0.3, 0.4) is 0 Å². The highest BCUT2D eigenvalue weighted by Gasteiger charge is 2.17. The van der Waals surface area contributed by atoms with Crippen molar-refractivity contribution in [1.29, 1.82) is 0 Å². The van der Waals surface area contributed by atoms with Crippen LogP contribution in [0.15, 0.2) is 78.0 Å². The lowest BCUT2D eigenvalue weighted by molar-refractivity contribution is -0.122. The molecule has 0 spiro atoms. The number of anilines is 2. The Morgan fingerprint density at radius 2 is 1.63 bits per heavy atom. The summed E-state index contributed by atoms with van der Waals surface area (Å²) in [5.74, 6) is 0.851. The predicted molar refractivity (Wildman–Crippen MR) is 113 cm³/mol. The Kier molecular flexibility index (Phi) is 6.53. The van der Waals surface area contributed by atoms with Gasteiger partial charge in [0.15, 0.2) is 6.10 Å². The van der Waals surface area contributed by atoms with Gasteiger partial charge in [-0.3, -0.25) is 14.5 Å². The largest absolute Gasteiger partial charge is 0.497 e. The third-order valence-corrected chi connectivity index (χ3v) is 5.48. The molecule has 1 aromatic heterocycles. The summed E-state index contributed by atoms with van der Waals surface area (Å²) in [5, 5.41) is 2.70. The molecule has 0 fully saturated rings. The van der Waals surface area contributed by atoms with Crippen LogP contribution < -0.4 is 19.5 Å². The minimum absolute atomic E-state index is 0.0619. The summed E-state index contributed by atoms with van der Waals surface area (Å²) in [6.45, 7) is 1.62. The molecule has 0 unspecified atom stereocenters. The molecule has 0 bridgehead atoms. The lowest BCUT2D eigenvalue weighted by atomic mass is 10.3. The molecule has 1 atom stereocenters. The minimum atomic E-state index is -3.76. The molecule has 156 valence electrons. The van der Waals surface area contributed by atoms with E-state index in [0.717, 1.165) is 0 Å². The number of aromatic nitrogens is 1. The summed E-state index contributed by atoms with van der Waals surface area (Å²) < 4.78 is 38.0. The maximum absolute atomic E-state index is 12.4. The van der Waals surface area contributed by atoms with Crippen LogP contribution in [0.25, 0.3) is 0 Å². The van der Waals surface area contributed by atoms with E-state index in [1.807, 2.05) is 0 Å². The Labute approximate surface area is 174 Å². The van der Waals surface area contributed by atoms with Crippen LogP contribution >= 0.6 is 0 Å². The third-order valence-electron chi connectivity index (χ3n) is 4.09. The average Bonchev–Trinajstić information content (AvgIpc) is 2.75. The molecule has 30 heavy (non-hydrogen) atoms. The molecule has 9 heteroatoms. The number of sulfonamides is 1. The summed E-state index contributed by atoms with van der Waals surface area (Å²) in [4.78, 5) is 16.3. The van der Waals surface area contributed by atoms with Crippen molar-refractivity contribution in [3.63, 3.8) is 0 Å². The smallest absolute Gasteiger partial charge is 0.265 e. The fourth-order valence-electron chi connectivity index (χ4n) is 2.51. The van der Waals surface area contributed by atoms with E-state index in [2.05, 4.69) is 15.0 Å². The quantitative estimate of drug-likeness (QED) is 0.571. The van der Waals surface area contributed by atoms with Gasteiger partial charge in [-0.05, 0) is 67.6 Å².